The molecular weight excluding hydrogens is 432 g/mol. The fourth-order valence-electron chi connectivity index (χ4n) is 4.13. The van der Waals surface area contributed by atoms with E-state index in [9.17, 15) is 14.7 Å². The number of hydrogen-bond acceptors (Lipinski definition) is 4. The van der Waals surface area contributed by atoms with Crippen molar-refractivity contribution in [1.29, 1.82) is 0 Å². The number of carboxylic acid groups (broad SMARTS) is 1. The molecule has 2 heterocycles. The third-order valence-corrected chi connectivity index (χ3v) is 6.13. The lowest BCUT2D eigenvalue weighted by molar-refractivity contribution is 0.0695. The Hall–Kier alpha value is -2.09. The fourth-order valence-corrected chi connectivity index (χ4v) is 4.31. The zero-order valence-corrected chi connectivity index (χ0v) is 18.3. The lowest BCUT2D eigenvalue weighted by atomic mass is 10.0. The highest BCUT2D eigenvalue weighted by atomic mass is 35.5. The lowest BCUT2D eigenvalue weighted by Gasteiger charge is -2.26. The number of carboxylic acids is 1. The Kier molecular flexibility index (Phi) is 5.93. The Bertz CT molecular complexity index is 1120. The monoisotopic (exact) mass is 455 g/mol. The largest absolute Gasteiger partial charge is 0.477 e. The number of aromatic nitrogens is 1. The van der Waals surface area contributed by atoms with E-state index in [0.717, 1.165) is 18.9 Å². The second-order valence-corrected chi connectivity index (χ2v) is 8.66. The number of nitrogens with zero attached hydrogens (tertiary/aromatic N) is 2. The molecule has 6 nitrogen and oxygen atoms in total. The van der Waals surface area contributed by atoms with Crippen molar-refractivity contribution >= 4 is 51.6 Å². The number of allylic oxidation sites excluding steroid dienone is 1. The van der Waals surface area contributed by atoms with Crippen molar-refractivity contribution in [1.82, 2.24) is 4.57 Å². The molecular formula is C21H24Cl2FN3O3. The Balaban J connectivity index is 0.00000256. The van der Waals surface area contributed by atoms with E-state index in [2.05, 4.69) is 0 Å². The van der Waals surface area contributed by atoms with Crippen LogP contribution in [0.25, 0.3) is 15.9 Å². The van der Waals surface area contributed by atoms with Crippen molar-refractivity contribution in [2.24, 2.45) is 5.73 Å². The zero-order chi connectivity index (χ0) is 21.1. The average Bonchev–Trinajstić information content (AvgIpc) is 3.43. The second kappa shape index (κ2) is 7.87. The smallest absolute Gasteiger partial charge is 0.341 e. The van der Waals surface area contributed by atoms with Crippen LogP contribution in [0.15, 0.2) is 23.1 Å². The van der Waals surface area contributed by atoms with Gasteiger partial charge in [0.05, 0.1) is 16.6 Å². The first-order valence-corrected chi connectivity index (χ1v) is 10.0. The summed E-state index contributed by atoms with van der Waals surface area (Å²) in [5.41, 5.74) is 5.94. The van der Waals surface area contributed by atoms with Crippen molar-refractivity contribution in [3.05, 3.63) is 45.5 Å². The molecule has 1 aliphatic heterocycles. The second-order valence-electron chi connectivity index (χ2n) is 8.26. The van der Waals surface area contributed by atoms with Gasteiger partial charge < -0.3 is 20.3 Å². The number of pyridine rings is 1. The topological polar surface area (TPSA) is 88.6 Å². The first-order chi connectivity index (χ1) is 13.6. The van der Waals surface area contributed by atoms with Gasteiger partial charge in [-0.15, -0.1) is 12.4 Å². The minimum atomic E-state index is -1.33. The Labute approximate surface area is 184 Å². The predicted molar refractivity (Wildman–Crippen MR) is 120 cm³/mol. The lowest BCUT2D eigenvalue weighted by Crippen LogP contribution is -2.39. The van der Waals surface area contributed by atoms with Crippen LogP contribution in [0.2, 0.25) is 0 Å². The number of rotatable bonds is 4. The normalized spacial score (nSPS) is 21.8. The van der Waals surface area contributed by atoms with E-state index in [1.54, 1.807) is 17.6 Å². The van der Waals surface area contributed by atoms with Gasteiger partial charge in [-0.2, -0.15) is 0 Å². The third-order valence-electron chi connectivity index (χ3n) is 5.73. The van der Waals surface area contributed by atoms with Crippen LogP contribution in [0.4, 0.5) is 10.1 Å². The molecule has 0 spiro atoms. The fraction of sp³-hybridized carbons (Fsp3) is 0.429. The molecule has 2 aliphatic rings. The molecule has 1 aliphatic carbocycles. The number of benzene rings is 1. The summed E-state index contributed by atoms with van der Waals surface area (Å²) in [5, 5.41) is 9.81. The predicted octanol–water partition coefficient (Wildman–Crippen LogP) is 4.12. The van der Waals surface area contributed by atoms with Gasteiger partial charge >= 0.3 is 5.97 Å². The molecule has 3 N–H and O–H groups in total. The third kappa shape index (κ3) is 3.70. The van der Waals surface area contributed by atoms with Crippen molar-refractivity contribution in [3.8, 4) is 0 Å². The first-order valence-electron chi connectivity index (χ1n) is 9.65. The van der Waals surface area contributed by atoms with Crippen LogP contribution in [0, 0.1) is 5.82 Å². The summed E-state index contributed by atoms with van der Waals surface area (Å²) in [6, 6.07) is 1.21. The van der Waals surface area contributed by atoms with Gasteiger partial charge in [-0.25, -0.2) is 9.18 Å². The van der Waals surface area contributed by atoms with Crippen LogP contribution < -0.4 is 16.1 Å². The maximum Gasteiger partial charge on any atom is 0.341 e. The minimum absolute atomic E-state index is 0. The molecule has 2 aromatic rings. The van der Waals surface area contributed by atoms with E-state index >= 15 is 4.39 Å². The summed E-state index contributed by atoms with van der Waals surface area (Å²) in [6.45, 7) is 4.68. The highest BCUT2D eigenvalue weighted by Gasteiger charge is 2.35. The van der Waals surface area contributed by atoms with Gasteiger partial charge in [-0.1, -0.05) is 17.7 Å². The number of halogens is 3. The van der Waals surface area contributed by atoms with E-state index in [4.69, 9.17) is 17.3 Å². The molecule has 0 radical (unpaired) electrons. The minimum Gasteiger partial charge on any atom is -0.477 e. The van der Waals surface area contributed by atoms with Gasteiger partial charge in [-0.05, 0) is 39.2 Å². The Morgan fingerprint density at radius 1 is 1.43 bits per heavy atom. The molecule has 1 unspecified atom stereocenters. The highest BCUT2D eigenvalue weighted by molar-refractivity contribution is 6.50. The van der Waals surface area contributed by atoms with Crippen LogP contribution in [-0.2, 0) is 0 Å². The standard InChI is InChI=1S/C21H23ClFN3O3.ClH/c1-3-14(22)16-17-12(8-15(23)18(16)25-7-6-21(2,24)10-25)19(27)13(20(28)29)9-26(17)11-4-5-11;/h3,8-9,11H,4-7,10,24H2,1-2H3,(H,28,29);1H/b14-3-;. The summed E-state index contributed by atoms with van der Waals surface area (Å²) in [7, 11) is 0. The number of carbonyl (C=O) groups is 1. The van der Waals surface area contributed by atoms with Crippen molar-refractivity contribution < 1.29 is 14.3 Å². The quantitative estimate of drug-likeness (QED) is 0.723. The highest BCUT2D eigenvalue weighted by Crippen LogP contribution is 2.44. The van der Waals surface area contributed by atoms with Gasteiger partial charge in [0.2, 0.25) is 5.43 Å². The average molecular weight is 456 g/mol. The van der Waals surface area contributed by atoms with E-state index in [1.165, 1.54) is 6.20 Å². The molecule has 0 amide bonds. The van der Waals surface area contributed by atoms with E-state index in [-0.39, 0.29) is 29.4 Å². The van der Waals surface area contributed by atoms with Crippen LogP contribution in [0.1, 0.15) is 55.1 Å². The number of anilines is 1. The summed E-state index contributed by atoms with van der Waals surface area (Å²) >= 11 is 6.55. The molecule has 9 heteroatoms. The van der Waals surface area contributed by atoms with Crippen LogP contribution in [0.3, 0.4) is 0 Å². The molecule has 4 rings (SSSR count). The maximum absolute atomic E-state index is 15.4. The van der Waals surface area contributed by atoms with E-state index in [0.29, 0.717) is 41.3 Å². The van der Waals surface area contributed by atoms with Gasteiger partial charge in [0, 0.05) is 41.5 Å². The van der Waals surface area contributed by atoms with Crippen molar-refractivity contribution in [2.45, 2.75) is 44.7 Å². The van der Waals surface area contributed by atoms with Crippen LogP contribution in [-0.4, -0.2) is 34.3 Å². The number of fused-ring (bicyclic) bond motifs is 1. The number of hydrogen-bond donors (Lipinski definition) is 2. The molecule has 1 aromatic carbocycles. The molecule has 1 saturated carbocycles. The van der Waals surface area contributed by atoms with Crippen molar-refractivity contribution in [3.63, 3.8) is 0 Å². The molecule has 30 heavy (non-hydrogen) atoms. The van der Waals surface area contributed by atoms with E-state index in [1.807, 2.05) is 11.8 Å². The molecule has 2 fully saturated rings. The Morgan fingerprint density at radius 2 is 2.10 bits per heavy atom. The van der Waals surface area contributed by atoms with E-state index < -0.39 is 22.8 Å². The molecule has 0 bridgehead atoms. The molecule has 1 aromatic heterocycles. The van der Waals surface area contributed by atoms with Gasteiger partial charge in [0.25, 0.3) is 0 Å². The molecule has 162 valence electrons. The molecule has 1 atom stereocenters. The molecule has 1 saturated heterocycles. The van der Waals surface area contributed by atoms with Gasteiger partial charge in [-0.3, -0.25) is 4.79 Å². The first kappa shape index (κ1) is 22.6. The zero-order valence-electron chi connectivity index (χ0n) is 16.7. The van der Waals surface area contributed by atoms with Crippen LogP contribution >= 0.6 is 24.0 Å². The summed E-state index contributed by atoms with van der Waals surface area (Å²) in [4.78, 5) is 26.3. The van der Waals surface area contributed by atoms with Crippen molar-refractivity contribution in [2.75, 3.05) is 18.0 Å². The summed E-state index contributed by atoms with van der Waals surface area (Å²) in [6.07, 6.45) is 5.45. The SMILES string of the molecule is C/C=C(\Cl)c1c(N2CCC(C)(N)C2)c(F)cc2c(=O)c(C(=O)O)cn(C3CC3)c12.Cl. The number of aromatic carboxylic acids is 1. The summed E-state index contributed by atoms with van der Waals surface area (Å²) in [5.74, 6) is -1.93. The van der Waals surface area contributed by atoms with Crippen LogP contribution in [0.5, 0.6) is 0 Å². The summed E-state index contributed by atoms with van der Waals surface area (Å²) < 4.78 is 17.2. The van der Waals surface area contributed by atoms with Gasteiger partial charge in [0.1, 0.15) is 11.4 Å². The Morgan fingerprint density at radius 3 is 2.60 bits per heavy atom. The number of nitrogens with two attached hydrogens (primary N) is 1. The van der Waals surface area contributed by atoms with Gasteiger partial charge in [0.15, 0.2) is 0 Å². The maximum atomic E-state index is 15.4.